The van der Waals surface area contributed by atoms with Crippen molar-refractivity contribution in [1.82, 2.24) is 9.97 Å². The molecular weight excluding hydrogens is 647 g/mol. The molecule has 3 aliphatic rings. The third-order valence-corrected chi connectivity index (χ3v) is 15.1. The average molecular weight is 687 g/mol. The van der Waals surface area contributed by atoms with Crippen molar-refractivity contribution in [3.63, 3.8) is 0 Å². The van der Waals surface area contributed by atoms with E-state index in [4.69, 9.17) is 9.97 Å². The average Bonchev–Trinajstić information content (AvgIpc) is 3.17. The molecule has 7 aromatic rings. The van der Waals surface area contributed by atoms with E-state index in [0.29, 0.717) is 0 Å². The van der Waals surface area contributed by atoms with Crippen LogP contribution in [0, 0.1) is 0 Å². The van der Waals surface area contributed by atoms with E-state index in [0.717, 1.165) is 33.9 Å². The molecule has 0 atom stereocenters. The van der Waals surface area contributed by atoms with Gasteiger partial charge in [0.2, 0.25) is 0 Å². The molecule has 2 aromatic heterocycles. The van der Waals surface area contributed by atoms with Crippen LogP contribution in [-0.4, -0.2) is 24.8 Å². The lowest BCUT2D eigenvalue weighted by atomic mass is 9.33. The van der Waals surface area contributed by atoms with Crippen LogP contribution in [0.1, 0.15) is 26.3 Å². The van der Waals surface area contributed by atoms with Crippen LogP contribution in [0.4, 0.5) is 34.1 Å². The van der Waals surface area contributed by atoms with E-state index in [1.165, 1.54) is 55.1 Å². The summed E-state index contributed by atoms with van der Waals surface area (Å²) in [5, 5.41) is 3.05. The van der Waals surface area contributed by atoms with Gasteiger partial charge < -0.3 is 9.80 Å². The third kappa shape index (κ3) is 4.34. The lowest BCUT2D eigenvalue weighted by molar-refractivity contribution is 0.590. The number of aromatic nitrogens is 2. The van der Waals surface area contributed by atoms with Gasteiger partial charge in [0.25, 0.3) is 6.71 Å². The van der Waals surface area contributed by atoms with Gasteiger partial charge >= 0.3 is 0 Å². The second kappa shape index (κ2) is 11.1. The molecule has 0 saturated heterocycles. The third-order valence-electron chi connectivity index (χ3n) is 11.5. The Morgan fingerprint density at radius 2 is 0.923 bits per heavy atom. The van der Waals surface area contributed by atoms with Crippen LogP contribution >= 0.6 is 0 Å². The maximum atomic E-state index is 4.87. The van der Waals surface area contributed by atoms with E-state index in [2.05, 4.69) is 165 Å². The Morgan fingerprint density at radius 1 is 0.481 bits per heavy atom. The summed E-state index contributed by atoms with van der Waals surface area (Å²) in [4.78, 5) is 14.9. The normalized spacial score (nSPS) is 14.7. The summed E-state index contributed by atoms with van der Waals surface area (Å²) in [6, 6.07) is 49.2. The van der Waals surface area contributed by atoms with Crippen LogP contribution in [-0.2, 0) is 5.41 Å². The highest BCUT2D eigenvalue weighted by Gasteiger charge is 2.52. The molecule has 10 rings (SSSR count). The first-order valence-electron chi connectivity index (χ1n) is 18.3. The number of nitrogens with zero attached hydrogens (tertiary/aromatic N) is 4. The maximum Gasteiger partial charge on any atom is 0.251 e. The van der Waals surface area contributed by atoms with Crippen LogP contribution in [0.5, 0.6) is 0 Å². The van der Waals surface area contributed by atoms with Gasteiger partial charge in [-0.2, -0.15) is 0 Å². The Labute approximate surface area is 307 Å². The number of hydrogen-bond acceptors (Lipinski definition) is 4. The smallest absolute Gasteiger partial charge is 0.251 e. The predicted molar refractivity (Wildman–Crippen MR) is 222 cm³/mol. The molecule has 5 aromatic carbocycles. The van der Waals surface area contributed by atoms with Gasteiger partial charge in [-0.15, -0.1) is 0 Å². The maximum absolute atomic E-state index is 4.87. The van der Waals surface area contributed by atoms with Crippen LogP contribution in [0.25, 0.3) is 22.5 Å². The molecule has 0 bridgehead atoms. The first-order valence-corrected chi connectivity index (χ1v) is 21.3. The monoisotopic (exact) mass is 686 g/mol. The second-order valence-corrected chi connectivity index (χ2v) is 20.2. The number of anilines is 6. The standard InChI is InChI=1S/C46H39BN4Si/c1-46(2,3)30-28-39-43-40(29-30)51(36-21-9-7-17-32(36)34-19-11-13-27-49-34)38-23-15-25-42-45(38)47(43)44-37(22-14-24-41(44)52(42,4)5)50(39)35-20-8-6-16-31(35)33-18-10-12-26-48-33/h6-29H,1-5H3. The molecule has 0 unspecified atom stereocenters. The molecule has 0 spiro atoms. The van der Waals surface area contributed by atoms with Gasteiger partial charge in [-0.25, -0.2) is 0 Å². The molecule has 0 N–H and O–H groups in total. The zero-order chi connectivity index (χ0) is 35.4. The van der Waals surface area contributed by atoms with Crippen molar-refractivity contribution in [3.8, 4) is 22.5 Å². The molecule has 0 saturated carbocycles. The molecule has 5 heterocycles. The number of pyridine rings is 2. The van der Waals surface area contributed by atoms with Crippen molar-refractivity contribution < 1.29 is 0 Å². The van der Waals surface area contributed by atoms with E-state index >= 15 is 0 Å². The lowest BCUT2D eigenvalue weighted by Gasteiger charge is -2.50. The Bertz CT molecular complexity index is 2390. The fourth-order valence-corrected chi connectivity index (χ4v) is 12.3. The van der Waals surface area contributed by atoms with Gasteiger partial charge in [0.05, 0.1) is 22.8 Å². The molecule has 0 aliphatic carbocycles. The van der Waals surface area contributed by atoms with Gasteiger partial charge in [0.15, 0.2) is 0 Å². The van der Waals surface area contributed by atoms with Crippen LogP contribution in [0.3, 0.4) is 0 Å². The van der Waals surface area contributed by atoms with Gasteiger partial charge in [0, 0.05) is 46.3 Å². The van der Waals surface area contributed by atoms with Crippen molar-refractivity contribution >= 4 is 75.7 Å². The van der Waals surface area contributed by atoms with Crippen molar-refractivity contribution in [1.29, 1.82) is 0 Å². The van der Waals surface area contributed by atoms with E-state index in [9.17, 15) is 0 Å². The SMILES string of the molecule is CC(C)(C)c1cc2c3c(c1)N(c1ccccc1-c1ccccn1)c1cccc4c1B3c1c(cccc1[Si]4(C)C)N2c1ccccc1-c1ccccn1. The number of hydrogen-bond donors (Lipinski definition) is 0. The van der Waals surface area contributed by atoms with Crippen molar-refractivity contribution in [3.05, 3.63) is 151 Å². The highest BCUT2D eigenvalue weighted by atomic mass is 28.3. The summed E-state index contributed by atoms with van der Waals surface area (Å²) in [5.41, 5.74) is 17.0. The van der Waals surface area contributed by atoms with E-state index < -0.39 is 8.07 Å². The zero-order valence-electron chi connectivity index (χ0n) is 30.2. The summed E-state index contributed by atoms with van der Waals surface area (Å²) < 4.78 is 0. The molecule has 0 amide bonds. The molecule has 4 nitrogen and oxygen atoms in total. The summed E-state index contributed by atoms with van der Waals surface area (Å²) in [6.07, 6.45) is 3.79. The second-order valence-electron chi connectivity index (χ2n) is 15.8. The fourth-order valence-electron chi connectivity index (χ4n) is 9.09. The molecule has 0 radical (unpaired) electrons. The lowest BCUT2D eigenvalue weighted by Crippen LogP contribution is -2.79. The topological polar surface area (TPSA) is 32.3 Å². The number of para-hydroxylation sites is 2. The van der Waals surface area contributed by atoms with Gasteiger partial charge in [-0.05, 0) is 88.0 Å². The summed E-state index contributed by atoms with van der Waals surface area (Å²) in [5.74, 6) is 0. The van der Waals surface area contributed by atoms with Gasteiger partial charge in [-0.3, -0.25) is 9.97 Å². The quantitative estimate of drug-likeness (QED) is 0.174. The summed E-state index contributed by atoms with van der Waals surface area (Å²) in [6.45, 7) is 12.2. The van der Waals surface area contributed by atoms with E-state index in [1.54, 1.807) is 0 Å². The van der Waals surface area contributed by atoms with Crippen molar-refractivity contribution in [2.24, 2.45) is 0 Å². The highest BCUT2D eigenvalue weighted by Crippen LogP contribution is 2.49. The summed E-state index contributed by atoms with van der Waals surface area (Å²) >= 11 is 0. The van der Waals surface area contributed by atoms with E-state index in [1.807, 2.05) is 24.5 Å². The molecule has 250 valence electrons. The number of rotatable bonds is 4. The highest BCUT2D eigenvalue weighted by molar-refractivity contribution is 7.16. The Morgan fingerprint density at radius 3 is 1.37 bits per heavy atom. The zero-order valence-corrected chi connectivity index (χ0v) is 31.2. The van der Waals surface area contributed by atoms with Crippen molar-refractivity contribution in [2.45, 2.75) is 39.3 Å². The first-order chi connectivity index (χ1) is 25.2. The minimum atomic E-state index is -2.15. The predicted octanol–water partition coefficient (Wildman–Crippen LogP) is 8.33. The molecule has 52 heavy (non-hydrogen) atoms. The first kappa shape index (κ1) is 31.1. The fraction of sp³-hybridized carbons (Fsp3) is 0.130. The summed E-state index contributed by atoms with van der Waals surface area (Å²) in [7, 11) is -2.15. The van der Waals surface area contributed by atoms with Crippen LogP contribution < -0.4 is 36.6 Å². The molecule has 0 fully saturated rings. The van der Waals surface area contributed by atoms with Gasteiger partial charge in [0.1, 0.15) is 8.07 Å². The van der Waals surface area contributed by atoms with Crippen LogP contribution in [0.15, 0.2) is 146 Å². The largest absolute Gasteiger partial charge is 0.311 e. The van der Waals surface area contributed by atoms with Gasteiger partial charge in [-0.1, -0.05) is 117 Å². The Balaban J connectivity index is 1.37. The minimum Gasteiger partial charge on any atom is -0.311 e. The van der Waals surface area contributed by atoms with E-state index in [-0.39, 0.29) is 12.1 Å². The minimum absolute atomic E-state index is 0.102. The number of benzene rings is 5. The molecule has 6 heteroatoms. The molecular formula is C46H39BN4Si. The molecule has 3 aliphatic heterocycles. The Kier molecular flexibility index (Phi) is 6.65. The van der Waals surface area contributed by atoms with Crippen molar-refractivity contribution in [2.75, 3.05) is 9.80 Å². The van der Waals surface area contributed by atoms with Crippen LogP contribution in [0.2, 0.25) is 13.1 Å². The Hall–Kier alpha value is -5.72.